The summed E-state index contributed by atoms with van der Waals surface area (Å²) >= 11 is 0. The number of rotatable bonds is 2. The van der Waals surface area contributed by atoms with Gasteiger partial charge >= 0.3 is 0 Å². The van der Waals surface area contributed by atoms with Crippen LogP contribution in [-0.4, -0.2) is 21.5 Å². The van der Waals surface area contributed by atoms with Crippen molar-refractivity contribution in [3.8, 4) is 11.8 Å². The van der Waals surface area contributed by atoms with Gasteiger partial charge in [0.1, 0.15) is 6.61 Å². The standard InChI is InChI=1S/C14H14N2O/c1-12-9-15-16(10-12)11-14-5-2-4-13(8-14)6-3-7-17/h2,4-5,8-10,17H,7,11H2,1H3. The Morgan fingerprint density at radius 3 is 3.00 bits per heavy atom. The molecule has 1 aromatic heterocycles. The van der Waals surface area contributed by atoms with Gasteiger partial charge in [-0.05, 0) is 30.2 Å². The van der Waals surface area contributed by atoms with Crippen LogP contribution >= 0.6 is 0 Å². The van der Waals surface area contributed by atoms with E-state index in [1.807, 2.05) is 48.3 Å². The van der Waals surface area contributed by atoms with Gasteiger partial charge in [0.05, 0.1) is 12.7 Å². The van der Waals surface area contributed by atoms with E-state index in [1.165, 1.54) is 0 Å². The number of nitrogens with zero attached hydrogens (tertiary/aromatic N) is 2. The Kier molecular flexibility index (Phi) is 3.59. The zero-order valence-electron chi connectivity index (χ0n) is 9.72. The largest absolute Gasteiger partial charge is 0.384 e. The Labute approximate surface area is 101 Å². The lowest BCUT2D eigenvalue weighted by molar-refractivity contribution is 0.350. The van der Waals surface area contributed by atoms with Crippen LogP contribution in [-0.2, 0) is 6.54 Å². The highest BCUT2D eigenvalue weighted by Gasteiger charge is 1.97. The number of aryl methyl sites for hydroxylation is 1. The first kappa shape index (κ1) is 11.4. The van der Waals surface area contributed by atoms with Crippen molar-refractivity contribution < 1.29 is 5.11 Å². The molecule has 0 saturated carbocycles. The van der Waals surface area contributed by atoms with Crippen LogP contribution in [0.3, 0.4) is 0 Å². The normalized spacial score (nSPS) is 9.76. The summed E-state index contributed by atoms with van der Waals surface area (Å²) in [4.78, 5) is 0. The van der Waals surface area contributed by atoms with E-state index >= 15 is 0 Å². The van der Waals surface area contributed by atoms with Crippen molar-refractivity contribution in [2.24, 2.45) is 0 Å². The Morgan fingerprint density at radius 2 is 2.29 bits per heavy atom. The Hall–Kier alpha value is -2.05. The second-order valence-electron chi connectivity index (χ2n) is 3.88. The van der Waals surface area contributed by atoms with Gasteiger partial charge in [-0.1, -0.05) is 24.0 Å². The average molecular weight is 226 g/mol. The second kappa shape index (κ2) is 5.33. The maximum absolute atomic E-state index is 8.65. The van der Waals surface area contributed by atoms with Crippen molar-refractivity contribution >= 4 is 0 Å². The van der Waals surface area contributed by atoms with E-state index in [0.717, 1.165) is 23.2 Å². The molecular weight excluding hydrogens is 212 g/mol. The molecule has 17 heavy (non-hydrogen) atoms. The molecule has 2 rings (SSSR count). The highest BCUT2D eigenvalue weighted by molar-refractivity contribution is 5.37. The molecule has 0 radical (unpaired) electrons. The van der Waals surface area contributed by atoms with Crippen LogP contribution in [0.1, 0.15) is 16.7 Å². The monoisotopic (exact) mass is 226 g/mol. The summed E-state index contributed by atoms with van der Waals surface area (Å²) in [6.45, 7) is 2.65. The van der Waals surface area contributed by atoms with E-state index in [9.17, 15) is 0 Å². The van der Waals surface area contributed by atoms with E-state index < -0.39 is 0 Å². The van der Waals surface area contributed by atoms with Gasteiger partial charge in [0.25, 0.3) is 0 Å². The van der Waals surface area contributed by atoms with E-state index in [-0.39, 0.29) is 6.61 Å². The fourth-order valence-corrected chi connectivity index (χ4v) is 1.63. The zero-order chi connectivity index (χ0) is 12.1. The van der Waals surface area contributed by atoms with Crippen LogP contribution < -0.4 is 0 Å². The summed E-state index contributed by atoms with van der Waals surface area (Å²) in [5.74, 6) is 5.54. The molecule has 0 aliphatic carbocycles. The van der Waals surface area contributed by atoms with Crippen molar-refractivity contribution in [2.45, 2.75) is 13.5 Å². The summed E-state index contributed by atoms with van der Waals surface area (Å²) in [5.41, 5.74) is 3.22. The van der Waals surface area contributed by atoms with Crippen LogP contribution in [0.25, 0.3) is 0 Å². The molecular formula is C14H14N2O. The summed E-state index contributed by atoms with van der Waals surface area (Å²) in [7, 11) is 0. The van der Waals surface area contributed by atoms with Crippen LogP contribution in [0.5, 0.6) is 0 Å². The third kappa shape index (κ3) is 3.20. The minimum atomic E-state index is -0.109. The Morgan fingerprint density at radius 1 is 1.41 bits per heavy atom. The predicted molar refractivity (Wildman–Crippen MR) is 66.5 cm³/mol. The molecule has 1 N–H and O–H groups in total. The van der Waals surface area contributed by atoms with Gasteiger partial charge in [-0.2, -0.15) is 5.10 Å². The number of aliphatic hydroxyl groups is 1. The lowest BCUT2D eigenvalue weighted by Crippen LogP contribution is -1.99. The van der Waals surface area contributed by atoms with Crippen LogP contribution in [0.4, 0.5) is 0 Å². The van der Waals surface area contributed by atoms with Crippen molar-refractivity contribution in [1.82, 2.24) is 9.78 Å². The van der Waals surface area contributed by atoms with Gasteiger partial charge in [-0.15, -0.1) is 0 Å². The molecule has 3 nitrogen and oxygen atoms in total. The highest BCUT2D eigenvalue weighted by atomic mass is 16.2. The van der Waals surface area contributed by atoms with Crippen LogP contribution in [0.15, 0.2) is 36.7 Å². The smallest absolute Gasteiger partial charge is 0.104 e. The SMILES string of the molecule is Cc1cnn(Cc2cccc(C#CCO)c2)c1. The topological polar surface area (TPSA) is 38.0 Å². The van der Waals surface area contributed by atoms with Gasteiger partial charge in [0, 0.05) is 11.8 Å². The zero-order valence-corrected chi connectivity index (χ0v) is 9.72. The number of benzene rings is 1. The van der Waals surface area contributed by atoms with Gasteiger partial charge < -0.3 is 5.11 Å². The van der Waals surface area contributed by atoms with E-state index in [2.05, 4.69) is 16.9 Å². The van der Waals surface area contributed by atoms with Crippen molar-refractivity contribution in [3.63, 3.8) is 0 Å². The predicted octanol–water partition coefficient (Wildman–Crippen LogP) is 1.58. The lowest BCUT2D eigenvalue weighted by Gasteiger charge is -2.02. The third-order valence-corrected chi connectivity index (χ3v) is 2.35. The first-order valence-corrected chi connectivity index (χ1v) is 5.45. The Balaban J connectivity index is 2.16. The Bertz CT molecular complexity index is 561. The molecule has 0 saturated heterocycles. The average Bonchev–Trinajstić information content (AvgIpc) is 2.73. The van der Waals surface area contributed by atoms with Gasteiger partial charge in [-0.25, -0.2) is 0 Å². The number of hydrogen-bond donors (Lipinski definition) is 1. The van der Waals surface area contributed by atoms with Gasteiger partial charge in [0.2, 0.25) is 0 Å². The molecule has 0 amide bonds. The molecule has 0 unspecified atom stereocenters. The van der Waals surface area contributed by atoms with Crippen LogP contribution in [0.2, 0.25) is 0 Å². The van der Waals surface area contributed by atoms with E-state index in [0.29, 0.717) is 0 Å². The van der Waals surface area contributed by atoms with E-state index in [4.69, 9.17) is 5.11 Å². The number of aliphatic hydroxyl groups excluding tert-OH is 1. The number of hydrogen-bond acceptors (Lipinski definition) is 2. The molecule has 86 valence electrons. The highest BCUT2D eigenvalue weighted by Crippen LogP contribution is 2.06. The van der Waals surface area contributed by atoms with Crippen molar-refractivity contribution in [2.75, 3.05) is 6.61 Å². The molecule has 0 bridgehead atoms. The molecule has 0 atom stereocenters. The molecule has 1 heterocycles. The second-order valence-corrected chi connectivity index (χ2v) is 3.88. The quantitative estimate of drug-likeness (QED) is 0.790. The van der Waals surface area contributed by atoms with Crippen molar-refractivity contribution in [3.05, 3.63) is 53.3 Å². The minimum Gasteiger partial charge on any atom is -0.384 e. The molecule has 1 aromatic carbocycles. The molecule has 0 fully saturated rings. The summed E-state index contributed by atoms with van der Waals surface area (Å²) in [5, 5.41) is 12.9. The van der Waals surface area contributed by atoms with Gasteiger partial charge in [0.15, 0.2) is 0 Å². The summed E-state index contributed by atoms with van der Waals surface area (Å²) in [6.07, 6.45) is 3.85. The molecule has 0 spiro atoms. The minimum absolute atomic E-state index is 0.109. The van der Waals surface area contributed by atoms with E-state index in [1.54, 1.807) is 0 Å². The fourth-order valence-electron chi connectivity index (χ4n) is 1.63. The first-order valence-electron chi connectivity index (χ1n) is 5.45. The fraction of sp³-hybridized carbons (Fsp3) is 0.214. The van der Waals surface area contributed by atoms with Gasteiger partial charge in [-0.3, -0.25) is 4.68 Å². The maximum atomic E-state index is 8.65. The maximum Gasteiger partial charge on any atom is 0.104 e. The van der Waals surface area contributed by atoms with Crippen LogP contribution in [0, 0.1) is 18.8 Å². The molecule has 0 aliphatic heterocycles. The third-order valence-electron chi connectivity index (χ3n) is 2.35. The molecule has 2 aromatic rings. The van der Waals surface area contributed by atoms with Crippen molar-refractivity contribution in [1.29, 1.82) is 0 Å². The summed E-state index contributed by atoms with van der Waals surface area (Å²) in [6, 6.07) is 7.95. The molecule has 3 heteroatoms. The number of aromatic nitrogens is 2. The summed E-state index contributed by atoms with van der Waals surface area (Å²) < 4.78 is 1.90. The molecule has 0 aliphatic rings. The lowest BCUT2D eigenvalue weighted by atomic mass is 10.1. The first-order chi connectivity index (χ1) is 8.28.